The van der Waals surface area contributed by atoms with Crippen molar-refractivity contribution in [2.75, 3.05) is 18.9 Å². The third-order valence-electron chi connectivity index (χ3n) is 5.35. The minimum Gasteiger partial charge on any atom is -0.352 e. The first-order valence-electron chi connectivity index (χ1n) is 12.1. The number of benzene rings is 3. The summed E-state index contributed by atoms with van der Waals surface area (Å²) in [5, 5.41) is 15.7. The maximum absolute atomic E-state index is 13.4. The fraction of sp³-hybridized carbons (Fsp3) is 0.207. The van der Waals surface area contributed by atoms with Gasteiger partial charge >= 0.3 is 0 Å². The zero-order valence-corrected chi connectivity index (χ0v) is 22.3. The standard InChI is InChI=1S/C23H19F2N3O4.C4H6.CH5N.CH2O/c1-14-4-2-3-5-17(14)15-6-8-16(9-7-15)23(30)26-11-10-22(29)27-20-12-18(24)19(25)13-21(20)28(31)32;1-4-2-3-4;2*1-2/h2-9,12-13H,10-11H2,1H3,(H,26,30)(H,27,29);1-3H2;2H2,1H3;1H2. The molecule has 0 bridgehead atoms. The van der Waals surface area contributed by atoms with Gasteiger partial charge in [-0.2, -0.15) is 0 Å². The molecule has 2 amide bonds. The molecular weight excluding hydrogens is 522 g/mol. The van der Waals surface area contributed by atoms with Crippen molar-refractivity contribution in [3.05, 3.63) is 106 Å². The number of amides is 2. The number of halogens is 2. The molecule has 0 spiro atoms. The summed E-state index contributed by atoms with van der Waals surface area (Å²) < 4.78 is 26.6. The van der Waals surface area contributed by atoms with Gasteiger partial charge in [0.1, 0.15) is 12.5 Å². The summed E-state index contributed by atoms with van der Waals surface area (Å²) >= 11 is 0. The van der Waals surface area contributed by atoms with Gasteiger partial charge in [-0.3, -0.25) is 19.7 Å². The molecule has 1 fully saturated rings. The van der Waals surface area contributed by atoms with Gasteiger partial charge in [0.15, 0.2) is 11.6 Å². The Hall–Kier alpha value is -4.77. The molecule has 40 heavy (non-hydrogen) atoms. The van der Waals surface area contributed by atoms with E-state index in [2.05, 4.69) is 22.9 Å². The van der Waals surface area contributed by atoms with E-state index in [-0.39, 0.29) is 13.0 Å². The molecule has 1 saturated carbocycles. The Morgan fingerprint density at radius 2 is 1.55 bits per heavy atom. The molecule has 4 rings (SSSR count). The average Bonchev–Trinajstić information content (AvgIpc) is 3.75. The number of rotatable bonds is 7. The number of aryl methyl sites for hydroxylation is 1. The Labute approximate surface area is 231 Å². The number of nitrogens with zero attached hydrogens (tertiary/aromatic N) is 1. The van der Waals surface area contributed by atoms with Crippen molar-refractivity contribution in [3.8, 4) is 11.1 Å². The Morgan fingerprint density at radius 3 is 2.08 bits per heavy atom. The van der Waals surface area contributed by atoms with E-state index in [4.69, 9.17) is 4.79 Å². The molecule has 1 aliphatic rings. The molecule has 4 N–H and O–H groups in total. The summed E-state index contributed by atoms with van der Waals surface area (Å²) in [5.41, 5.74) is 8.22. The second-order valence-electron chi connectivity index (χ2n) is 8.24. The molecule has 0 saturated heterocycles. The molecule has 212 valence electrons. The maximum Gasteiger partial charge on any atom is 0.295 e. The predicted octanol–water partition coefficient (Wildman–Crippen LogP) is 5.33. The van der Waals surface area contributed by atoms with Crippen LogP contribution in [0, 0.1) is 28.7 Å². The van der Waals surface area contributed by atoms with Crippen LogP contribution in [0.2, 0.25) is 0 Å². The van der Waals surface area contributed by atoms with E-state index < -0.39 is 39.7 Å². The minimum absolute atomic E-state index is 0.0539. The molecule has 9 nitrogen and oxygen atoms in total. The first-order chi connectivity index (χ1) is 19.2. The number of nitro benzene ring substituents is 1. The fourth-order valence-electron chi connectivity index (χ4n) is 3.18. The Kier molecular flexibility index (Phi) is 14.1. The highest BCUT2D eigenvalue weighted by Crippen LogP contribution is 2.27. The van der Waals surface area contributed by atoms with Crippen molar-refractivity contribution in [2.24, 2.45) is 5.73 Å². The first kappa shape index (κ1) is 33.3. The van der Waals surface area contributed by atoms with Crippen LogP contribution in [0.15, 0.2) is 72.8 Å². The van der Waals surface area contributed by atoms with Gasteiger partial charge in [0.05, 0.1) is 11.0 Å². The number of anilines is 1. The molecule has 1 aliphatic carbocycles. The third-order valence-corrected chi connectivity index (χ3v) is 5.35. The van der Waals surface area contributed by atoms with Gasteiger partial charge in [0.2, 0.25) is 5.91 Å². The lowest BCUT2D eigenvalue weighted by molar-refractivity contribution is -0.384. The normalized spacial score (nSPS) is 10.8. The summed E-state index contributed by atoms with van der Waals surface area (Å²) in [6.07, 6.45) is 2.36. The molecule has 3 aromatic rings. The minimum atomic E-state index is -1.39. The van der Waals surface area contributed by atoms with Crippen LogP contribution in [0.3, 0.4) is 0 Å². The highest BCUT2D eigenvalue weighted by Gasteiger charge is 2.20. The first-order valence-corrected chi connectivity index (χ1v) is 12.1. The smallest absolute Gasteiger partial charge is 0.295 e. The van der Waals surface area contributed by atoms with Gasteiger partial charge in [0, 0.05) is 24.6 Å². The van der Waals surface area contributed by atoms with E-state index in [1.165, 1.54) is 25.5 Å². The van der Waals surface area contributed by atoms with Crippen LogP contribution in [0.4, 0.5) is 20.2 Å². The average molecular weight is 555 g/mol. The van der Waals surface area contributed by atoms with Gasteiger partial charge in [-0.25, -0.2) is 8.78 Å². The predicted molar refractivity (Wildman–Crippen MR) is 151 cm³/mol. The van der Waals surface area contributed by atoms with Crippen LogP contribution in [-0.2, 0) is 9.59 Å². The van der Waals surface area contributed by atoms with Crippen LogP contribution in [-0.4, -0.2) is 37.1 Å². The zero-order valence-electron chi connectivity index (χ0n) is 22.3. The van der Waals surface area contributed by atoms with Crippen LogP contribution in [0.5, 0.6) is 0 Å². The van der Waals surface area contributed by atoms with E-state index in [9.17, 15) is 28.5 Å². The van der Waals surface area contributed by atoms with Gasteiger partial charge in [-0.05, 0) is 55.6 Å². The summed E-state index contributed by atoms with van der Waals surface area (Å²) in [7, 11) is 1.50. The quantitative estimate of drug-likeness (QED) is 0.204. The van der Waals surface area contributed by atoms with Crippen molar-refractivity contribution in [3.63, 3.8) is 0 Å². The van der Waals surface area contributed by atoms with E-state index in [1.807, 2.05) is 50.1 Å². The molecule has 0 radical (unpaired) electrons. The lowest BCUT2D eigenvalue weighted by Crippen LogP contribution is -2.27. The van der Waals surface area contributed by atoms with Crippen molar-refractivity contribution in [1.29, 1.82) is 0 Å². The van der Waals surface area contributed by atoms with Crippen molar-refractivity contribution in [2.45, 2.75) is 26.2 Å². The van der Waals surface area contributed by atoms with Crippen LogP contribution < -0.4 is 16.4 Å². The number of carbonyl (C=O) groups is 3. The second kappa shape index (κ2) is 16.9. The summed E-state index contributed by atoms with van der Waals surface area (Å²) in [5.74, 6) is -3.81. The summed E-state index contributed by atoms with van der Waals surface area (Å²) in [6.45, 7) is 7.61. The summed E-state index contributed by atoms with van der Waals surface area (Å²) in [4.78, 5) is 42.4. The van der Waals surface area contributed by atoms with E-state index in [0.717, 1.165) is 16.7 Å². The van der Waals surface area contributed by atoms with Crippen LogP contribution in [0.25, 0.3) is 11.1 Å². The monoisotopic (exact) mass is 554 g/mol. The lowest BCUT2D eigenvalue weighted by Gasteiger charge is -2.09. The molecule has 11 heteroatoms. The third kappa shape index (κ3) is 10.5. The van der Waals surface area contributed by atoms with Gasteiger partial charge in [-0.1, -0.05) is 48.6 Å². The molecule has 0 heterocycles. The zero-order chi connectivity index (χ0) is 30.2. The Morgan fingerprint density at radius 1 is 1.00 bits per heavy atom. The highest BCUT2D eigenvalue weighted by atomic mass is 19.2. The molecule has 0 aromatic heterocycles. The lowest BCUT2D eigenvalue weighted by atomic mass is 9.99. The number of nitrogens with two attached hydrogens (primary N) is 1. The number of nitrogens with one attached hydrogen (secondary N) is 2. The maximum atomic E-state index is 13.4. The largest absolute Gasteiger partial charge is 0.352 e. The van der Waals surface area contributed by atoms with E-state index in [0.29, 0.717) is 17.7 Å². The van der Waals surface area contributed by atoms with Crippen LogP contribution in [0.1, 0.15) is 35.2 Å². The fourth-order valence-corrected chi connectivity index (χ4v) is 3.18. The van der Waals surface area contributed by atoms with E-state index >= 15 is 0 Å². The molecule has 0 unspecified atom stereocenters. The highest BCUT2D eigenvalue weighted by molar-refractivity contribution is 5.96. The number of hydrogen-bond donors (Lipinski definition) is 3. The number of allylic oxidation sites excluding steroid dienone is 1. The van der Waals surface area contributed by atoms with Gasteiger partial charge < -0.3 is 21.2 Å². The Balaban J connectivity index is 0.000000883. The number of carbonyl (C=O) groups excluding carboxylic acids is 3. The molecular formula is C29H32F2N4O5. The SMILES string of the molecule is C=C1CC1.C=O.CN.Cc1ccccc1-c1ccc(C(=O)NCCC(=O)Nc2cc(F)c(F)cc2[N+](=O)[O-])cc1. The van der Waals surface area contributed by atoms with Crippen molar-refractivity contribution in [1.82, 2.24) is 5.32 Å². The van der Waals surface area contributed by atoms with Crippen molar-refractivity contribution < 1.29 is 28.1 Å². The van der Waals surface area contributed by atoms with Gasteiger partial charge in [0.25, 0.3) is 11.6 Å². The molecule has 0 aliphatic heterocycles. The number of hydrogen-bond acceptors (Lipinski definition) is 6. The van der Waals surface area contributed by atoms with Crippen LogP contribution >= 0.6 is 0 Å². The topological polar surface area (TPSA) is 144 Å². The second-order valence-corrected chi connectivity index (χ2v) is 8.24. The van der Waals surface area contributed by atoms with Gasteiger partial charge in [-0.15, -0.1) is 0 Å². The summed E-state index contributed by atoms with van der Waals surface area (Å²) in [6, 6.07) is 15.8. The number of nitro groups is 1. The molecule has 0 atom stereocenters. The van der Waals surface area contributed by atoms with E-state index in [1.54, 1.807) is 12.1 Å². The molecule has 3 aromatic carbocycles. The van der Waals surface area contributed by atoms with Crippen molar-refractivity contribution >= 4 is 30.0 Å². The Bertz CT molecular complexity index is 1320.